The van der Waals surface area contributed by atoms with Crippen LogP contribution in [-0.4, -0.2) is 36.5 Å². The monoisotopic (exact) mass is 240 g/mol. The van der Waals surface area contributed by atoms with Crippen molar-refractivity contribution in [2.75, 3.05) is 19.6 Å². The topological polar surface area (TPSA) is 32.3 Å². The fourth-order valence-electron chi connectivity index (χ4n) is 2.63. The SMILES string of the molecule is CCCN(CCC)CC(=O)NC1CCCCC1. The number of nitrogens with zero attached hydrogens (tertiary/aromatic N) is 1. The maximum atomic E-state index is 11.9. The summed E-state index contributed by atoms with van der Waals surface area (Å²) < 4.78 is 0. The molecule has 3 heteroatoms. The van der Waals surface area contributed by atoms with Gasteiger partial charge in [0.2, 0.25) is 5.91 Å². The zero-order valence-electron chi connectivity index (χ0n) is 11.5. The first-order chi connectivity index (χ1) is 8.26. The van der Waals surface area contributed by atoms with Gasteiger partial charge in [-0.3, -0.25) is 9.69 Å². The Balaban J connectivity index is 2.25. The van der Waals surface area contributed by atoms with Crippen molar-refractivity contribution >= 4 is 5.91 Å². The number of carbonyl (C=O) groups excluding carboxylic acids is 1. The number of rotatable bonds is 7. The van der Waals surface area contributed by atoms with Gasteiger partial charge in [0.05, 0.1) is 6.54 Å². The first-order valence-electron chi connectivity index (χ1n) is 7.28. The van der Waals surface area contributed by atoms with Crippen LogP contribution in [0.5, 0.6) is 0 Å². The average Bonchev–Trinajstić information content (AvgIpc) is 2.30. The first-order valence-corrected chi connectivity index (χ1v) is 7.28. The van der Waals surface area contributed by atoms with Gasteiger partial charge in [0.15, 0.2) is 0 Å². The van der Waals surface area contributed by atoms with Gasteiger partial charge in [-0.25, -0.2) is 0 Å². The minimum atomic E-state index is 0.221. The van der Waals surface area contributed by atoms with Gasteiger partial charge < -0.3 is 5.32 Å². The Morgan fingerprint density at radius 3 is 2.24 bits per heavy atom. The van der Waals surface area contributed by atoms with Gasteiger partial charge in [-0.15, -0.1) is 0 Å². The second-order valence-electron chi connectivity index (χ2n) is 5.18. The summed E-state index contributed by atoms with van der Waals surface area (Å²) in [5.74, 6) is 0.221. The Morgan fingerprint density at radius 2 is 1.71 bits per heavy atom. The number of hydrogen-bond donors (Lipinski definition) is 1. The minimum absolute atomic E-state index is 0.221. The largest absolute Gasteiger partial charge is 0.352 e. The standard InChI is InChI=1S/C14H28N2O/c1-3-10-16(11-4-2)12-14(17)15-13-8-6-5-7-9-13/h13H,3-12H2,1-2H3,(H,15,17). The summed E-state index contributed by atoms with van der Waals surface area (Å²) in [6.45, 7) is 6.99. The van der Waals surface area contributed by atoms with Gasteiger partial charge in [0, 0.05) is 6.04 Å². The molecule has 1 saturated carbocycles. The van der Waals surface area contributed by atoms with E-state index in [1.165, 1.54) is 32.1 Å². The Bertz CT molecular complexity index is 206. The molecule has 1 rings (SSSR count). The number of hydrogen-bond acceptors (Lipinski definition) is 2. The summed E-state index contributed by atoms with van der Waals surface area (Å²) in [5.41, 5.74) is 0. The Labute approximate surface area is 106 Å². The molecule has 0 saturated heterocycles. The summed E-state index contributed by atoms with van der Waals surface area (Å²) in [6.07, 6.45) is 8.48. The van der Waals surface area contributed by atoms with Gasteiger partial charge >= 0.3 is 0 Å². The normalized spacial score (nSPS) is 17.4. The van der Waals surface area contributed by atoms with Gasteiger partial charge in [-0.05, 0) is 38.8 Å². The van der Waals surface area contributed by atoms with Crippen molar-refractivity contribution in [2.24, 2.45) is 0 Å². The van der Waals surface area contributed by atoms with Crippen LogP contribution in [0.1, 0.15) is 58.8 Å². The van der Waals surface area contributed by atoms with Crippen LogP contribution in [0.3, 0.4) is 0 Å². The van der Waals surface area contributed by atoms with Crippen LogP contribution in [-0.2, 0) is 4.79 Å². The van der Waals surface area contributed by atoms with E-state index in [2.05, 4.69) is 24.1 Å². The highest BCUT2D eigenvalue weighted by molar-refractivity contribution is 5.78. The molecule has 1 fully saturated rings. The highest BCUT2D eigenvalue weighted by Gasteiger charge is 2.16. The maximum absolute atomic E-state index is 11.9. The summed E-state index contributed by atoms with van der Waals surface area (Å²) >= 11 is 0. The molecule has 1 aliphatic rings. The molecule has 0 spiro atoms. The van der Waals surface area contributed by atoms with Crippen LogP contribution >= 0.6 is 0 Å². The van der Waals surface area contributed by atoms with E-state index in [0.29, 0.717) is 12.6 Å². The lowest BCUT2D eigenvalue weighted by Crippen LogP contribution is -2.43. The Hall–Kier alpha value is -0.570. The average molecular weight is 240 g/mol. The molecule has 0 unspecified atom stereocenters. The fraction of sp³-hybridized carbons (Fsp3) is 0.929. The van der Waals surface area contributed by atoms with Gasteiger partial charge in [0.25, 0.3) is 0 Å². The summed E-state index contributed by atoms with van der Waals surface area (Å²) in [7, 11) is 0. The van der Waals surface area contributed by atoms with Crippen LogP contribution in [0.2, 0.25) is 0 Å². The molecule has 1 aliphatic carbocycles. The zero-order valence-corrected chi connectivity index (χ0v) is 11.5. The molecular weight excluding hydrogens is 212 g/mol. The lowest BCUT2D eigenvalue weighted by Gasteiger charge is -2.25. The van der Waals surface area contributed by atoms with Crippen molar-refractivity contribution < 1.29 is 4.79 Å². The van der Waals surface area contributed by atoms with E-state index in [0.717, 1.165) is 25.9 Å². The van der Waals surface area contributed by atoms with Crippen molar-refractivity contribution in [3.8, 4) is 0 Å². The van der Waals surface area contributed by atoms with Crippen molar-refractivity contribution in [3.63, 3.8) is 0 Å². The van der Waals surface area contributed by atoms with E-state index in [1.54, 1.807) is 0 Å². The highest BCUT2D eigenvalue weighted by atomic mass is 16.2. The van der Waals surface area contributed by atoms with E-state index < -0.39 is 0 Å². The lowest BCUT2D eigenvalue weighted by molar-refractivity contribution is -0.123. The molecule has 0 aromatic carbocycles. The Morgan fingerprint density at radius 1 is 1.12 bits per heavy atom. The Kier molecular flexibility index (Phi) is 7.25. The molecule has 1 amide bonds. The third-order valence-corrected chi connectivity index (χ3v) is 3.42. The third kappa shape index (κ3) is 6.06. The summed E-state index contributed by atoms with van der Waals surface area (Å²) in [4.78, 5) is 14.2. The van der Waals surface area contributed by atoms with Gasteiger partial charge in [-0.1, -0.05) is 33.1 Å². The predicted molar refractivity (Wildman–Crippen MR) is 72.0 cm³/mol. The van der Waals surface area contributed by atoms with Crippen LogP contribution in [0, 0.1) is 0 Å². The molecule has 100 valence electrons. The molecule has 0 aromatic rings. The van der Waals surface area contributed by atoms with Gasteiger partial charge in [0.1, 0.15) is 0 Å². The lowest BCUT2D eigenvalue weighted by atomic mass is 9.95. The summed E-state index contributed by atoms with van der Waals surface area (Å²) in [5, 5.41) is 3.19. The highest BCUT2D eigenvalue weighted by Crippen LogP contribution is 2.17. The molecule has 1 N–H and O–H groups in total. The molecule has 17 heavy (non-hydrogen) atoms. The van der Waals surface area contributed by atoms with Crippen LogP contribution < -0.4 is 5.32 Å². The van der Waals surface area contributed by atoms with E-state index in [4.69, 9.17) is 0 Å². The first kappa shape index (κ1) is 14.5. The molecule has 0 bridgehead atoms. The minimum Gasteiger partial charge on any atom is -0.352 e. The van der Waals surface area contributed by atoms with E-state index in [9.17, 15) is 4.79 Å². The number of carbonyl (C=O) groups is 1. The number of nitrogens with one attached hydrogen (secondary N) is 1. The molecular formula is C14H28N2O. The van der Waals surface area contributed by atoms with Crippen molar-refractivity contribution in [1.29, 1.82) is 0 Å². The van der Waals surface area contributed by atoms with Crippen LogP contribution in [0.4, 0.5) is 0 Å². The summed E-state index contributed by atoms with van der Waals surface area (Å²) in [6, 6.07) is 0.446. The van der Waals surface area contributed by atoms with Crippen molar-refractivity contribution in [3.05, 3.63) is 0 Å². The predicted octanol–water partition coefficient (Wildman–Crippen LogP) is 2.56. The van der Waals surface area contributed by atoms with E-state index in [-0.39, 0.29) is 5.91 Å². The molecule has 0 heterocycles. The smallest absolute Gasteiger partial charge is 0.234 e. The van der Waals surface area contributed by atoms with Crippen LogP contribution in [0.25, 0.3) is 0 Å². The molecule has 0 atom stereocenters. The van der Waals surface area contributed by atoms with Gasteiger partial charge in [-0.2, -0.15) is 0 Å². The molecule has 0 aliphatic heterocycles. The van der Waals surface area contributed by atoms with E-state index in [1.807, 2.05) is 0 Å². The second kappa shape index (κ2) is 8.51. The zero-order chi connectivity index (χ0) is 12.5. The van der Waals surface area contributed by atoms with E-state index >= 15 is 0 Å². The third-order valence-electron chi connectivity index (χ3n) is 3.42. The second-order valence-corrected chi connectivity index (χ2v) is 5.18. The molecule has 0 aromatic heterocycles. The maximum Gasteiger partial charge on any atom is 0.234 e. The van der Waals surface area contributed by atoms with Crippen molar-refractivity contribution in [2.45, 2.75) is 64.8 Å². The van der Waals surface area contributed by atoms with Crippen LogP contribution in [0.15, 0.2) is 0 Å². The number of amides is 1. The molecule has 3 nitrogen and oxygen atoms in total. The van der Waals surface area contributed by atoms with Crippen molar-refractivity contribution in [1.82, 2.24) is 10.2 Å². The quantitative estimate of drug-likeness (QED) is 0.742. The molecule has 0 radical (unpaired) electrons. The fourth-order valence-corrected chi connectivity index (χ4v) is 2.63.